The predicted molar refractivity (Wildman–Crippen MR) is 73.9 cm³/mol. The van der Waals surface area contributed by atoms with Crippen LogP contribution in [0.5, 0.6) is 0 Å². The van der Waals surface area contributed by atoms with E-state index in [0.717, 1.165) is 31.6 Å². The minimum atomic E-state index is 0.000399. The zero-order valence-corrected chi connectivity index (χ0v) is 11.5. The van der Waals surface area contributed by atoms with Gasteiger partial charge in [-0.2, -0.15) is 0 Å². The van der Waals surface area contributed by atoms with Crippen molar-refractivity contribution in [1.82, 2.24) is 5.32 Å². The molecule has 0 bridgehead atoms. The van der Waals surface area contributed by atoms with E-state index in [4.69, 9.17) is 10.9 Å². The van der Waals surface area contributed by atoms with E-state index in [1.165, 1.54) is 25.7 Å². The van der Waals surface area contributed by atoms with E-state index < -0.39 is 0 Å². The summed E-state index contributed by atoms with van der Waals surface area (Å²) in [6, 6.07) is 0.0481. The van der Waals surface area contributed by atoms with Crippen LogP contribution in [-0.4, -0.2) is 23.0 Å². The van der Waals surface area contributed by atoms with Gasteiger partial charge < -0.3 is 16.3 Å². The first-order valence-corrected chi connectivity index (χ1v) is 7.47. The van der Waals surface area contributed by atoms with E-state index >= 15 is 0 Å². The summed E-state index contributed by atoms with van der Waals surface area (Å²) >= 11 is 0. The van der Waals surface area contributed by atoms with Gasteiger partial charge in [0.05, 0.1) is 0 Å². The molecule has 2 atom stereocenters. The molecule has 19 heavy (non-hydrogen) atoms. The van der Waals surface area contributed by atoms with Crippen molar-refractivity contribution < 1.29 is 10.0 Å². The van der Waals surface area contributed by atoms with Crippen molar-refractivity contribution in [3.63, 3.8) is 0 Å². The third-order valence-corrected chi connectivity index (χ3v) is 4.61. The van der Waals surface area contributed by atoms with Crippen LogP contribution in [0, 0.1) is 11.8 Å². The molecule has 2 aliphatic carbocycles. The summed E-state index contributed by atoms with van der Waals surface area (Å²) < 4.78 is 0. The Morgan fingerprint density at radius 2 is 1.95 bits per heavy atom. The van der Waals surface area contributed by atoms with E-state index in [9.17, 15) is 4.79 Å². The van der Waals surface area contributed by atoms with Crippen molar-refractivity contribution in [3.8, 4) is 0 Å². The number of nitrogens with one attached hydrogen (secondary N) is 1. The van der Waals surface area contributed by atoms with Crippen LogP contribution >= 0.6 is 0 Å². The Labute approximate surface area is 114 Å². The first-order chi connectivity index (χ1) is 9.20. The second-order valence-electron chi connectivity index (χ2n) is 5.93. The Balaban J connectivity index is 1.74. The van der Waals surface area contributed by atoms with E-state index in [1.807, 2.05) is 0 Å². The summed E-state index contributed by atoms with van der Waals surface area (Å²) in [5.41, 5.74) is 5.67. The average molecular weight is 267 g/mol. The van der Waals surface area contributed by atoms with Gasteiger partial charge in [0.25, 0.3) is 0 Å². The maximum atomic E-state index is 12.0. The zero-order chi connectivity index (χ0) is 13.7. The smallest absolute Gasteiger partial charge is 0.220 e. The van der Waals surface area contributed by atoms with Gasteiger partial charge >= 0.3 is 0 Å². The molecule has 2 aliphatic rings. The molecule has 0 aromatic rings. The molecule has 0 aliphatic heterocycles. The Hall–Kier alpha value is -1.26. The van der Waals surface area contributed by atoms with Gasteiger partial charge in [0.2, 0.25) is 5.91 Å². The highest BCUT2D eigenvalue weighted by Crippen LogP contribution is 2.29. The molecular formula is C14H25N3O2. The number of hydrogen-bond donors (Lipinski definition) is 3. The second kappa shape index (κ2) is 6.78. The Kier molecular flexibility index (Phi) is 5.05. The Morgan fingerprint density at radius 3 is 2.63 bits per heavy atom. The lowest BCUT2D eigenvalue weighted by molar-refractivity contribution is -0.122. The minimum absolute atomic E-state index is 0.000399. The van der Waals surface area contributed by atoms with Crippen molar-refractivity contribution in [2.24, 2.45) is 22.7 Å². The van der Waals surface area contributed by atoms with Gasteiger partial charge in [0.15, 0.2) is 0 Å². The molecule has 2 fully saturated rings. The third-order valence-electron chi connectivity index (χ3n) is 4.61. The van der Waals surface area contributed by atoms with Crippen molar-refractivity contribution >= 4 is 11.7 Å². The lowest BCUT2D eigenvalue weighted by atomic mass is 10.00. The lowest BCUT2D eigenvalue weighted by Crippen LogP contribution is -2.42. The minimum Gasteiger partial charge on any atom is -0.409 e. The van der Waals surface area contributed by atoms with Crippen molar-refractivity contribution in [3.05, 3.63) is 0 Å². The zero-order valence-electron chi connectivity index (χ0n) is 11.5. The summed E-state index contributed by atoms with van der Waals surface area (Å²) in [5.74, 6) is 1.11. The fraction of sp³-hybridized carbons (Fsp3) is 0.857. The van der Waals surface area contributed by atoms with Crippen LogP contribution < -0.4 is 11.1 Å². The van der Waals surface area contributed by atoms with Crippen LogP contribution in [0.1, 0.15) is 57.8 Å². The maximum Gasteiger partial charge on any atom is 0.220 e. The predicted octanol–water partition coefficient (Wildman–Crippen LogP) is 1.99. The Bertz CT molecular complexity index is 338. The SMILES string of the molecule is NC(=NO)C1CCCC1NC(=O)CCC1CCCC1. The topological polar surface area (TPSA) is 87.7 Å². The molecule has 0 spiro atoms. The van der Waals surface area contributed by atoms with Gasteiger partial charge in [0.1, 0.15) is 5.84 Å². The quantitative estimate of drug-likeness (QED) is 0.308. The van der Waals surface area contributed by atoms with Crippen LogP contribution in [0.4, 0.5) is 0 Å². The molecule has 0 heterocycles. The van der Waals surface area contributed by atoms with Gasteiger partial charge in [0, 0.05) is 18.4 Å². The molecule has 108 valence electrons. The number of oxime groups is 1. The highest BCUT2D eigenvalue weighted by atomic mass is 16.4. The van der Waals surface area contributed by atoms with Crippen molar-refractivity contribution in [2.75, 3.05) is 0 Å². The van der Waals surface area contributed by atoms with Gasteiger partial charge in [-0.15, -0.1) is 0 Å². The first kappa shape index (κ1) is 14.2. The van der Waals surface area contributed by atoms with E-state index in [-0.39, 0.29) is 23.7 Å². The molecule has 2 saturated carbocycles. The average Bonchev–Trinajstić information content (AvgIpc) is 3.06. The third kappa shape index (κ3) is 3.85. The van der Waals surface area contributed by atoms with Crippen LogP contribution in [-0.2, 0) is 4.79 Å². The number of rotatable bonds is 5. The van der Waals surface area contributed by atoms with E-state index in [0.29, 0.717) is 6.42 Å². The fourth-order valence-electron chi connectivity index (χ4n) is 3.47. The highest BCUT2D eigenvalue weighted by Gasteiger charge is 2.31. The molecule has 0 radical (unpaired) electrons. The lowest BCUT2D eigenvalue weighted by Gasteiger charge is -2.20. The number of amides is 1. The summed E-state index contributed by atoms with van der Waals surface area (Å²) in [7, 11) is 0. The van der Waals surface area contributed by atoms with Gasteiger partial charge in [-0.05, 0) is 25.2 Å². The Morgan fingerprint density at radius 1 is 1.21 bits per heavy atom. The number of amidine groups is 1. The van der Waals surface area contributed by atoms with Crippen LogP contribution in [0.15, 0.2) is 5.16 Å². The van der Waals surface area contributed by atoms with Crippen molar-refractivity contribution in [1.29, 1.82) is 0 Å². The molecule has 4 N–H and O–H groups in total. The molecule has 2 unspecified atom stereocenters. The van der Waals surface area contributed by atoms with E-state index in [2.05, 4.69) is 10.5 Å². The standard InChI is InChI=1S/C14H25N3O2/c15-14(17-19)11-6-3-7-12(11)16-13(18)9-8-10-4-1-2-5-10/h10-12,19H,1-9H2,(H2,15,17)(H,16,18). The molecule has 2 rings (SSSR count). The fourth-order valence-corrected chi connectivity index (χ4v) is 3.47. The van der Waals surface area contributed by atoms with Crippen molar-refractivity contribution in [2.45, 2.75) is 63.8 Å². The molecule has 5 heteroatoms. The normalized spacial score (nSPS) is 28.7. The monoisotopic (exact) mass is 267 g/mol. The molecule has 5 nitrogen and oxygen atoms in total. The number of nitrogens with zero attached hydrogens (tertiary/aromatic N) is 1. The second-order valence-corrected chi connectivity index (χ2v) is 5.93. The van der Waals surface area contributed by atoms with Gasteiger partial charge in [-0.1, -0.05) is 37.3 Å². The number of hydrogen-bond acceptors (Lipinski definition) is 3. The molecule has 0 aromatic heterocycles. The number of carbonyl (C=O) groups excluding carboxylic acids is 1. The summed E-state index contributed by atoms with van der Waals surface area (Å²) in [6.07, 6.45) is 9.67. The van der Waals surface area contributed by atoms with Gasteiger partial charge in [-0.3, -0.25) is 4.79 Å². The summed E-state index contributed by atoms with van der Waals surface area (Å²) in [4.78, 5) is 12.0. The van der Waals surface area contributed by atoms with E-state index in [1.54, 1.807) is 0 Å². The number of nitrogens with two attached hydrogens (primary N) is 1. The van der Waals surface area contributed by atoms with Crippen LogP contribution in [0.2, 0.25) is 0 Å². The molecule has 0 saturated heterocycles. The summed E-state index contributed by atoms with van der Waals surface area (Å²) in [5, 5.41) is 14.9. The molecular weight excluding hydrogens is 242 g/mol. The largest absolute Gasteiger partial charge is 0.409 e. The number of carbonyl (C=O) groups is 1. The van der Waals surface area contributed by atoms with Gasteiger partial charge in [-0.25, -0.2) is 0 Å². The molecule has 0 aromatic carbocycles. The van der Waals surface area contributed by atoms with Crippen LogP contribution in [0.3, 0.4) is 0 Å². The molecule has 1 amide bonds. The highest BCUT2D eigenvalue weighted by molar-refractivity contribution is 5.84. The maximum absolute atomic E-state index is 12.0. The first-order valence-electron chi connectivity index (χ1n) is 7.47. The van der Waals surface area contributed by atoms with Crippen LogP contribution in [0.25, 0.3) is 0 Å². The summed E-state index contributed by atoms with van der Waals surface area (Å²) in [6.45, 7) is 0.